The predicted molar refractivity (Wildman–Crippen MR) is 60.6 cm³/mol. The topological polar surface area (TPSA) is 38.7 Å². The minimum absolute atomic E-state index is 0.133. The Morgan fingerprint density at radius 1 is 1.47 bits per heavy atom. The second-order valence-corrected chi connectivity index (χ2v) is 4.23. The van der Waals surface area contributed by atoms with E-state index in [1.165, 1.54) is 0 Å². The number of cyclic esters (lactones) is 1. The highest BCUT2D eigenvalue weighted by atomic mass is 16.6. The summed E-state index contributed by atoms with van der Waals surface area (Å²) < 4.78 is 5.13. The number of nitrogens with zero attached hydrogens (tertiary/aromatic N) is 1. The van der Waals surface area contributed by atoms with E-state index in [4.69, 9.17) is 4.74 Å². The zero-order valence-electron chi connectivity index (χ0n) is 9.96. The second kappa shape index (κ2) is 5.10. The Morgan fingerprint density at radius 3 is 2.60 bits per heavy atom. The Bertz CT molecular complexity index is 314. The lowest BCUT2D eigenvalue weighted by Crippen LogP contribution is -2.15. The van der Waals surface area contributed by atoms with Crippen LogP contribution in [0.2, 0.25) is 0 Å². The van der Waals surface area contributed by atoms with E-state index in [-0.39, 0.29) is 11.9 Å². The van der Waals surface area contributed by atoms with Crippen LogP contribution in [0.5, 0.6) is 0 Å². The van der Waals surface area contributed by atoms with Crippen molar-refractivity contribution in [1.82, 2.24) is 0 Å². The fraction of sp³-hybridized carbons (Fsp3) is 0.667. The van der Waals surface area contributed by atoms with Crippen LogP contribution < -0.4 is 0 Å². The lowest BCUT2D eigenvalue weighted by Gasteiger charge is -2.01. The zero-order chi connectivity index (χ0) is 11.4. The number of carbonyl (C=O) groups is 1. The normalized spacial score (nSPS) is 19.3. The molecule has 1 rings (SSSR count). The first-order valence-electron chi connectivity index (χ1n) is 5.56. The zero-order valence-corrected chi connectivity index (χ0v) is 9.96. The first-order chi connectivity index (χ1) is 7.06. The summed E-state index contributed by atoms with van der Waals surface area (Å²) in [6.07, 6.45) is 3.20. The highest BCUT2D eigenvalue weighted by Gasteiger charge is 2.26. The monoisotopic (exact) mass is 209 g/mol. The molecule has 0 spiro atoms. The summed E-state index contributed by atoms with van der Waals surface area (Å²) in [4.78, 5) is 15.7. The van der Waals surface area contributed by atoms with Crippen LogP contribution in [0.3, 0.4) is 0 Å². The van der Waals surface area contributed by atoms with Crippen molar-refractivity contribution >= 4 is 11.7 Å². The van der Waals surface area contributed by atoms with Gasteiger partial charge in [-0.25, -0.2) is 9.79 Å². The Kier molecular flexibility index (Phi) is 4.06. The molecule has 0 radical (unpaired) electrons. The maximum Gasteiger partial charge on any atom is 0.359 e. The molecule has 0 amide bonds. The van der Waals surface area contributed by atoms with Crippen LogP contribution in [0.15, 0.2) is 16.4 Å². The van der Waals surface area contributed by atoms with Crippen LogP contribution in [-0.4, -0.2) is 11.7 Å². The van der Waals surface area contributed by atoms with Gasteiger partial charge in [-0.1, -0.05) is 27.2 Å². The van der Waals surface area contributed by atoms with Crippen LogP contribution in [0, 0.1) is 5.92 Å². The van der Waals surface area contributed by atoms with Crippen molar-refractivity contribution in [2.24, 2.45) is 10.9 Å². The fourth-order valence-corrected chi connectivity index (χ4v) is 1.41. The Hall–Kier alpha value is -1.12. The van der Waals surface area contributed by atoms with Crippen molar-refractivity contribution in [2.75, 3.05) is 0 Å². The third-order valence-electron chi connectivity index (χ3n) is 2.44. The average Bonchev–Trinajstić information content (AvgIpc) is 2.56. The molecular weight excluding hydrogens is 190 g/mol. The summed E-state index contributed by atoms with van der Waals surface area (Å²) in [5, 5.41) is 0. The first kappa shape index (κ1) is 12.0. The van der Waals surface area contributed by atoms with Crippen molar-refractivity contribution in [3.05, 3.63) is 11.5 Å². The largest absolute Gasteiger partial charge is 0.403 e. The summed E-state index contributed by atoms with van der Waals surface area (Å²) >= 11 is 0. The molecule has 0 aliphatic carbocycles. The van der Waals surface area contributed by atoms with Gasteiger partial charge in [-0.2, -0.15) is 0 Å². The van der Waals surface area contributed by atoms with Gasteiger partial charge >= 0.3 is 5.97 Å². The maximum absolute atomic E-state index is 11.4. The number of allylic oxidation sites excluding steroid dienone is 1. The Labute approximate surface area is 91.2 Å². The number of unbranched alkanes of at least 4 members (excludes halogenated alkanes) is 1. The summed E-state index contributed by atoms with van der Waals surface area (Å²) in [7, 11) is 0. The number of rotatable bonds is 4. The number of hydrogen-bond donors (Lipinski definition) is 0. The number of hydrogen-bond acceptors (Lipinski definition) is 3. The minimum Gasteiger partial charge on any atom is -0.403 e. The van der Waals surface area contributed by atoms with E-state index in [9.17, 15) is 4.79 Å². The van der Waals surface area contributed by atoms with Gasteiger partial charge in [-0.3, -0.25) is 0 Å². The number of esters is 1. The number of aliphatic imine (C=N–C) groups is 1. The van der Waals surface area contributed by atoms with Gasteiger partial charge in [-0.05, 0) is 25.3 Å². The fourth-order valence-electron chi connectivity index (χ4n) is 1.41. The van der Waals surface area contributed by atoms with Crippen molar-refractivity contribution in [2.45, 2.75) is 47.0 Å². The second-order valence-electron chi connectivity index (χ2n) is 4.23. The van der Waals surface area contributed by atoms with Crippen molar-refractivity contribution in [1.29, 1.82) is 0 Å². The lowest BCUT2D eigenvalue weighted by molar-refractivity contribution is -0.130. The molecule has 0 fully saturated rings. The Morgan fingerprint density at radius 2 is 2.13 bits per heavy atom. The smallest absolute Gasteiger partial charge is 0.359 e. The molecule has 3 nitrogen and oxygen atoms in total. The molecule has 0 aromatic rings. The molecule has 15 heavy (non-hydrogen) atoms. The van der Waals surface area contributed by atoms with Crippen molar-refractivity contribution in [3.63, 3.8) is 0 Å². The van der Waals surface area contributed by atoms with E-state index in [1.807, 2.05) is 20.8 Å². The molecule has 0 unspecified atom stereocenters. The highest BCUT2D eigenvalue weighted by molar-refractivity contribution is 6.38. The molecule has 1 heterocycles. The first-order valence-corrected chi connectivity index (χ1v) is 5.56. The van der Waals surface area contributed by atoms with E-state index < -0.39 is 0 Å². The van der Waals surface area contributed by atoms with E-state index in [0.29, 0.717) is 11.6 Å². The van der Waals surface area contributed by atoms with Crippen molar-refractivity contribution < 1.29 is 9.53 Å². The highest BCUT2D eigenvalue weighted by Crippen LogP contribution is 2.21. The third kappa shape index (κ3) is 2.91. The van der Waals surface area contributed by atoms with E-state index in [1.54, 1.807) is 0 Å². The van der Waals surface area contributed by atoms with Crippen LogP contribution in [0.25, 0.3) is 0 Å². The predicted octanol–water partition coefficient (Wildman–Crippen LogP) is 3.06. The van der Waals surface area contributed by atoms with Gasteiger partial charge in [0.2, 0.25) is 5.88 Å². The minimum atomic E-state index is -0.282. The SMILES string of the molecule is CCCCC(C)=C1N=C(C(C)C)C(=O)O1. The van der Waals surface area contributed by atoms with Gasteiger partial charge in [-0.15, -0.1) is 0 Å². The summed E-state index contributed by atoms with van der Waals surface area (Å²) in [5.74, 6) is 0.377. The van der Waals surface area contributed by atoms with Crippen LogP contribution in [0.4, 0.5) is 0 Å². The van der Waals surface area contributed by atoms with Gasteiger partial charge in [0.1, 0.15) is 5.71 Å². The van der Waals surface area contributed by atoms with Crippen LogP contribution >= 0.6 is 0 Å². The molecule has 0 aromatic carbocycles. The van der Waals surface area contributed by atoms with Gasteiger partial charge in [0.05, 0.1) is 0 Å². The quantitative estimate of drug-likeness (QED) is 0.667. The van der Waals surface area contributed by atoms with Gasteiger partial charge < -0.3 is 4.74 Å². The Balaban J connectivity index is 2.78. The van der Waals surface area contributed by atoms with Crippen LogP contribution in [-0.2, 0) is 9.53 Å². The molecule has 0 saturated heterocycles. The maximum atomic E-state index is 11.4. The molecular formula is C12H19NO2. The lowest BCUT2D eigenvalue weighted by atomic mass is 10.1. The number of carbonyl (C=O) groups excluding carboxylic acids is 1. The molecule has 0 saturated carbocycles. The average molecular weight is 209 g/mol. The van der Waals surface area contributed by atoms with Gasteiger partial charge in [0.25, 0.3) is 0 Å². The standard InChI is InChI=1S/C12H19NO2/c1-5-6-7-9(4)11-13-10(8(2)3)12(14)15-11/h8H,5-7H2,1-4H3. The van der Waals surface area contributed by atoms with Gasteiger partial charge in [0, 0.05) is 5.92 Å². The van der Waals surface area contributed by atoms with E-state index in [2.05, 4.69) is 11.9 Å². The summed E-state index contributed by atoms with van der Waals surface area (Å²) in [6, 6.07) is 0. The molecule has 84 valence electrons. The summed E-state index contributed by atoms with van der Waals surface area (Å²) in [5.41, 5.74) is 1.61. The molecule has 1 aliphatic rings. The summed E-state index contributed by atoms with van der Waals surface area (Å²) in [6.45, 7) is 8.02. The van der Waals surface area contributed by atoms with Crippen molar-refractivity contribution in [3.8, 4) is 0 Å². The molecule has 0 atom stereocenters. The van der Waals surface area contributed by atoms with E-state index >= 15 is 0 Å². The third-order valence-corrected chi connectivity index (χ3v) is 2.44. The van der Waals surface area contributed by atoms with E-state index in [0.717, 1.165) is 24.8 Å². The molecule has 0 N–H and O–H groups in total. The van der Waals surface area contributed by atoms with Crippen LogP contribution in [0.1, 0.15) is 47.0 Å². The molecule has 3 heteroatoms. The molecule has 1 aliphatic heterocycles. The molecule has 0 aromatic heterocycles. The van der Waals surface area contributed by atoms with Gasteiger partial charge in [0.15, 0.2) is 0 Å². The number of ether oxygens (including phenoxy) is 1. The molecule has 0 bridgehead atoms.